The molecule has 0 saturated carbocycles. The van der Waals surface area contributed by atoms with E-state index in [1.54, 1.807) is 5.43 Å². The molecule has 1 amide bonds. The molecule has 0 aromatic rings. The molecule has 76 valence electrons. The number of hydrogen-bond acceptors (Lipinski definition) is 6. The first-order chi connectivity index (χ1) is 6.11. The summed E-state index contributed by atoms with van der Waals surface area (Å²) in [4.78, 5) is 21.3. The van der Waals surface area contributed by atoms with E-state index in [0.29, 0.717) is 6.42 Å². The molecule has 0 unspecified atom stereocenters. The molecule has 6 N–H and O–H groups in total. The largest absolute Gasteiger partial charge is 0.429 e. The zero-order valence-corrected chi connectivity index (χ0v) is 7.03. The minimum atomic E-state index is -1.05. The quantitative estimate of drug-likeness (QED) is 0.137. The summed E-state index contributed by atoms with van der Waals surface area (Å²) in [5, 5.41) is 8.42. The van der Waals surface area contributed by atoms with E-state index in [0.717, 1.165) is 0 Å². The molecule has 0 saturated heterocycles. The molecule has 0 rings (SSSR count). The average Bonchev–Trinajstić information content (AvgIpc) is 2.13. The fourth-order valence-corrected chi connectivity index (χ4v) is 0.626. The Kier molecular flexibility index (Phi) is 5.77. The van der Waals surface area contributed by atoms with E-state index in [4.69, 9.17) is 10.8 Å². The molecule has 0 aliphatic heterocycles. The zero-order valence-electron chi connectivity index (χ0n) is 7.03. The number of nitrogens with two attached hydrogens (primary N) is 2. The molecule has 0 aliphatic rings. The number of esters is 1. The van der Waals surface area contributed by atoms with Gasteiger partial charge in [-0.1, -0.05) is 0 Å². The highest BCUT2D eigenvalue weighted by molar-refractivity contribution is 5.87. The highest BCUT2D eigenvalue weighted by Gasteiger charge is 2.17. The second-order valence-electron chi connectivity index (χ2n) is 2.33. The third kappa shape index (κ3) is 5.12. The van der Waals surface area contributed by atoms with Crippen LogP contribution in [-0.4, -0.2) is 29.8 Å². The van der Waals surface area contributed by atoms with Crippen molar-refractivity contribution in [1.29, 1.82) is 0 Å². The number of amides is 1. The van der Waals surface area contributed by atoms with Gasteiger partial charge in [0, 0.05) is 6.61 Å². The Morgan fingerprint density at radius 2 is 2.15 bits per heavy atom. The Balaban J connectivity index is 3.75. The Labute approximate surface area is 75.0 Å². The third-order valence-electron chi connectivity index (χ3n) is 1.29. The van der Waals surface area contributed by atoms with Gasteiger partial charge in [0.1, 0.15) is 6.04 Å². The van der Waals surface area contributed by atoms with Crippen molar-refractivity contribution in [2.24, 2.45) is 11.6 Å². The summed E-state index contributed by atoms with van der Waals surface area (Å²) in [6, 6.07) is -0.913. The Morgan fingerprint density at radius 1 is 1.54 bits per heavy atom. The van der Waals surface area contributed by atoms with Gasteiger partial charge in [-0.15, -0.1) is 0 Å². The van der Waals surface area contributed by atoms with Crippen LogP contribution in [0, 0.1) is 0 Å². The van der Waals surface area contributed by atoms with Crippen LogP contribution in [0.1, 0.15) is 12.8 Å². The van der Waals surface area contributed by atoms with Gasteiger partial charge in [-0.2, -0.15) is 0 Å². The molecule has 0 bridgehead atoms. The molecular weight excluding hydrogens is 178 g/mol. The fourth-order valence-electron chi connectivity index (χ4n) is 0.626. The highest BCUT2D eigenvalue weighted by atomic mass is 16.6. The van der Waals surface area contributed by atoms with Crippen molar-refractivity contribution in [3.63, 3.8) is 0 Å². The molecule has 7 heteroatoms. The normalized spacial score (nSPS) is 11.9. The first-order valence-electron chi connectivity index (χ1n) is 3.70. The molecule has 0 spiro atoms. The Morgan fingerprint density at radius 3 is 2.62 bits per heavy atom. The number of nitrogens with one attached hydrogen (secondary N) is 1. The Bertz CT molecular complexity index is 185. The third-order valence-corrected chi connectivity index (χ3v) is 1.29. The number of ether oxygens (including phenoxy) is 1. The maximum absolute atomic E-state index is 10.9. The fraction of sp³-hybridized carbons (Fsp3) is 0.667. The van der Waals surface area contributed by atoms with Crippen LogP contribution in [0.2, 0.25) is 0 Å². The summed E-state index contributed by atoms with van der Waals surface area (Å²) in [6.07, 6.45) is -0.419. The topological polar surface area (TPSA) is 128 Å². The molecule has 1 atom stereocenters. The summed E-state index contributed by atoms with van der Waals surface area (Å²) < 4.78 is 4.14. The number of hydrazine groups is 1. The predicted octanol–water partition coefficient (Wildman–Crippen LogP) is -1.79. The van der Waals surface area contributed by atoms with E-state index in [1.165, 1.54) is 0 Å². The molecular formula is C6H13N3O4. The van der Waals surface area contributed by atoms with Crippen LogP contribution >= 0.6 is 0 Å². The summed E-state index contributed by atoms with van der Waals surface area (Å²) in [6.45, 7) is -0.0654. The lowest BCUT2D eigenvalue weighted by molar-refractivity contribution is -0.139. The predicted molar refractivity (Wildman–Crippen MR) is 43.1 cm³/mol. The van der Waals surface area contributed by atoms with Crippen molar-refractivity contribution in [3.8, 4) is 0 Å². The lowest BCUT2D eigenvalue weighted by Crippen LogP contribution is -2.39. The maximum atomic E-state index is 10.9. The second-order valence-corrected chi connectivity index (χ2v) is 2.33. The van der Waals surface area contributed by atoms with Crippen LogP contribution in [0.15, 0.2) is 0 Å². The standard InChI is InChI=1S/C6H13N3O4/c7-4(2-1-3-10)5(11)13-6(12)9-8/h4,10H,1-3,7-8H2,(H,9,12)/t4-/m0/s1. The van der Waals surface area contributed by atoms with Gasteiger partial charge < -0.3 is 15.6 Å². The van der Waals surface area contributed by atoms with Crippen LogP contribution in [0.3, 0.4) is 0 Å². The van der Waals surface area contributed by atoms with E-state index in [2.05, 4.69) is 10.6 Å². The molecule has 0 radical (unpaired) electrons. The number of hydrogen-bond donors (Lipinski definition) is 4. The number of carbonyl (C=O) groups is 2. The Hall–Kier alpha value is -1.18. The van der Waals surface area contributed by atoms with E-state index < -0.39 is 18.1 Å². The van der Waals surface area contributed by atoms with Gasteiger partial charge in [0.25, 0.3) is 0 Å². The number of rotatable bonds is 4. The van der Waals surface area contributed by atoms with Gasteiger partial charge in [0.05, 0.1) is 0 Å². The van der Waals surface area contributed by atoms with Crippen molar-refractivity contribution in [2.45, 2.75) is 18.9 Å². The van der Waals surface area contributed by atoms with E-state index in [9.17, 15) is 9.59 Å². The molecule has 0 heterocycles. The summed E-state index contributed by atoms with van der Waals surface area (Å²) in [5.74, 6) is 3.80. The van der Waals surface area contributed by atoms with Crippen molar-refractivity contribution in [2.75, 3.05) is 6.61 Å². The molecule has 7 nitrogen and oxygen atoms in total. The van der Waals surface area contributed by atoms with Gasteiger partial charge in [-0.3, -0.25) is 5.43 Å². The minimum Gasteiger partial charge on any atom is -0.396 e. The SMILES string of the molecule is NNC(=O)OC(=O)[C@@H](N)CCCO. The zero-order chi connectivity index (χ0) is 10.3. The minimum absolute atomic E-state index is 0.0654. The molecule has 0 fully saturated rings. The number of aliphatic hydroxyl groups is 1. The van der Waals surface area contributed by atoms with Crippen LogP contribution < -0.4 is 17.0 Å². The second kappa shape index (κ2) is 6.35. The van der Waals surface area contributed by atoms with E-state index in [1.807, 2.05) is 0 Å². The molecule has 0 aromatic carbocycles. The van der Waals surface area contributed by atoms with Crippen LogP contribution in [0.25, 0.3) is 0 Å². The van der Waals surface area contributed by atoms with Crippen molar-refractivity contribution < 1.29 is 19.4 Å². The number of carbonyl (C=O) groups excluding carboxylic acids is 2. The van der Waals surface area contributed by atoms with Gasteiger partial charge >= 0.3 is 12.1 Å². The van der Waals surface area contributed by atoms with Gasteiger partial charge in [0.15, 0.2) is 0 Å². The van der Waals surface area contributed by atoms with Crippen molar-refractivity contribution in [1.82, 2.24) is 5.43 Å². The summed E-state index contributed by atoms with van der Waals surface area (Å²) in [7, 11) is 0. The smallest absolute Gasteiger partial charge is 0.396 e. The average molecular weight is 191 g/mol. The summed E-state index contributed by atoms with van der Waals surface area (Å²) >= 11 is 0. The van der Waals surface area contributed by atoms with Crippen LogP contribution in [-0.2, 0) is 9.53 Å². The molecule has 0 aromatic heterocycles. The lowest BCUT2D eigenvalue weighted by Gasteiger charge is -2.08. The number of aliphatic hydroxyl groups excluding tert-OH is 1. The van der Waals surface area contributed by atoms with Gasteiger partial charge in [0.2, 0.25) is 0 Å². The summed E-state index contributed by atoms with van der Waals surface area (Å²) in [5.41, 5.74) is 6.92. The molecule has 13 heavy (non-hydrogen) atoms. The van der Waals surface area contributed by atoms with Gasteiger partial charge in [-0.25, -0.2) is 15.4 Å². The monoisotopic (exact) mass is 191 g/mol. The van der Waals surface area contributed by atoms with E-state index in [-0.39, 0.29) is 13.0 Å². The first-order valence-corrected chi connectivity index (χ1v) is 3.70. The van der Waals surface area contributed by atoms with Gasteiger partial charge in [-0.05, 0) is 12.8 Å². The lowest BCUT2D eigenvalue weighted by atomic mass is 10.2. The molecule has 0 aliphatic carbocycles. The van der Waals surface area contributed by atoms with Crippen molar-refractivity contribution >= 4 is 12.1 Å². The maximum Gasteiger partial charge on any atom is 0.429 e. The van der Waals surface area contributed by atoms with E-state index >= 15 is 0 Å². The van der Waals surface area contributed by atoms with Crippen LogP contribution in [0.5, 0.6) is 0 Å². The van der Waals surface area contributed by atoms with Crippen molar-refractivity contribution in [3.05, 3.63) is 0 Å². The first kappa shape index (κ1) is 11.8. The highest BCUT2D eigenvalue weighted by Crippen LogP contribution is 1.96. The van der Waals surface area contributed by atoms with Crippen LogP contribution in [0.4, 0.5) is 4.79 Å².